The van der Waals surface area contributed by atoms with Crippen LogP contribution in [0.5, 0.6) is 0 Å². The highest BCUT2D eigenvalue weighted by molar-refractivity contribution is 5.77. The van der Waals surface area contributed by atoms with Gasteiger partial charge in [-0.25, -0.2) is 14.5 Å². The van der Waals surface area contributed by atoms with Crippen LogP contribution in [0.2, 0.25) is 0 Å². The summed E-state index contributed by atoms with van der Waals surface area (Å²) in [5.41, 5.74) is 0.656. The fraction of sp³-hybridized carbons (Fsp3) is 0.278. The molecule has 0 aliphatic heterocycles. The predicted octanol–water partition coefficient (Wildman–Crippen LogP) is 2.62. The van der Waals surface area contributed by atoms with Gasteiger partial charge in [0.15, 0.2) is 0 Å². The average Bonchev–Trinajstić information content (AvgIpc) is 2.60. The van der Waals surface area contributed by atoms with E-state index >= 15 is 0 Å². The summed E-state index contributed by atoms with van der Waals surface area (Å²) in [4.78, 5) is 24.3. The third-order valence-electron chi connectivity index (χ3n) is 3.98. The number of fused-ring (bicyclic) bond motifs is 1. The summed E-state index contributed by atoms with van der Waals surface area (Å²) < 4.78 is 1.63. The van der Waals surface area contributed by atoms with Crippen molar-refractivity contribution in [1.82, 2.24) is 19.4 Å². The van der Waals surface area contributed by atoms with Crippen molar-refractivity contribution in [2.24, 2.45) is 0 Å². The molecule has 0 saturated carbocycles. The molecule has 0 amide bonds. The van der Waals surface area contributed by atoms with Crippen LogP contribution in [-0.2, 0) is 6.54 Å². The van der Waals surface area contributed by atoms with Crippen LogP contribution in [0.15, 0.2) is 53.5 Å². The van der Waals surface area contributed by atoms with Gasteiger partial charge in [0.1, 0.15) is 11.6 Å². The largest absolute Gasteiger partial charge is 0.297 e. The van der Waals surface area contributed by atoms with Crippen molar-refractivity contribution in [3.63, 3.8) is 0 Å². The molecule has 2 heterocycles. The maximum Gasteiger partial charge on any atom is 0.267 e. The number of nitrogens with zero attached hydrogens (tertiary/aromatic N) is 4. The van der Waals surface area contributed by atoms with Gasteiger partial charge < -0.3 is 0 Å². The fourth-order valence-electron chi connectivity index (χ4n) is 2.65. The highest BCUT2D eigenvalue weighted by Crippen LogP contribution is 2.13. The Hall–Kier alpha value is -2.53. The van der Waals surface area contributed by atoms with Gasteiger partial charge in [-0.2, -0.15) is 0 Å². The van der Waals surface area contributed by atoms with Gasteiger partial charge in [-0.3, -0.25) is 9.69 Å². The minimum atomic E-state index is -0.0727. The first-order valence-corrected chi connectivity index (χ1v) is 7.89. The van der Waals surface area contributed by atoms with Gasteiger partial charge >= 0.3 is 0 Å². The summed E-state index contributed by atoms with van der Waals surface area (Å²) in [5.74, 6) is 1.33. The van der Waals surface area contributed by atoms with Crippen molar-refractivity contribution in [3.05, 3.63) is 64.8 Å². The first-order chi connectivity index (χ1) is 11.2. The van der Waals surface area contributed by atoms with Crippen molar-refractivity contribution in [2.75, 3.05) is 13.1 Å². The van der Waals surface area contributed by atoms with Crippen molar-refractivity contribution in [1.29, 1.82) is 0 Å². The third kappa shape index (κ3) is 3.00. The molecule has 0 aliphatic carbocycles. The summed E-state index contributed by atoms with van der Waals surface area (Å²) in [5, 5.41) is 0.612. The second kappa shape index (κ2) is 6.71. The molecule has 0 radical (unpaired) electrons. The smallest absolute Gasteiger partial charge is 0.267 e. The minimum absolute atomic E-state index is 0.0727. The summed E-state index contributed by atoms with van der Waals surface area (Å²) in [6.45, 7) is 6.63. The van der Waals surface area contributed by atoms with E-state index in [9.17, 15) is 4.79 Å². The minimum Gasteiger partial charge on any atom is -0.297 e. The lowest BCUT2D eigenvalue weighted by Crippen LogP contribution is -2.30. The maximum atomic E-state index is 13.0. The number of aromatic nitrogens is 3. The van der Waals surface area contributed by atoms with E-state index in [1.54, 1.807) is 10.8 Å². The summed E-state index contributed by atoms with van der Waals surface area (Å²) >= 11 is 0. The number of rotatable bonds is 5. The molecular weight excluding hydrogens is 288 g/mol. The second-order valence-electron chi connectivity index (χ2n) is 5.34. The molecule has 0 fully saturated rings. The molecule has 3 aromatic rings. The molecule has 5 nitrogen and oxygen atoms in total. The first kappa shape index (κ1) is 15.4. The zero-order chi connectivity index (χ0) is 16.2. The molecule has 23 heavy (non-hydrogen) atoms. The van der Waals surface area contributed by atoms with Crippen molar-refractivity contribution in [3.8, 4) is 5.82 Å². The Morgan fingerprint density at radius 2 is 1.78 bits per heavy atom. The van der Waals surface area contributed by atoms with E-state index in [1.807, 2.05) is 42.5 Å². The zero-order valence-electron chi connectivity index (χ0n) is 13.4. The van der Waals surface area contributed by atoms with E-state index in [1.165, 1.54) is 0 Å². The fourth-order valence-corrected chi connectivity index (χ4v) is 2.65. The van der Waals surface area contributed by atoms with Crippen molar-refractivity contribution >= 4 is 10.9 Å². The lowest BCUT2D eigenvalue weighted by molar-refractivity contribution is 0.285. The maximum absolute atomic E-state index is 13.0. The van der Waals surface area contributed by atoms with Crippen LogP contribution >= 0.6 is 0 Å². The van der Waals surface area contributed by atoms with Crippen LogP contribution in [-0.4, -0.2) is 32.5 Å². The topological polar surface area (TPSA) is 51.0 Å². The molecule has 0 aliphatic rings. The third-order valence-corrected chi connectivity index (χ3v) is 3.98. The predicted molar refractivity (Wildman–Crippen MR) is 91.8 cm³/mol. The molecule has 0 unspecified atom stereocenters. The van der Waals surface area contributed by atoms with Gasteiger partial charge in [0.05, 0.1) is 17.4 Å². The Morgan fingerprint density at radius 1 is 1.04 bits per heavy atom. The Balaban J connectivity index is 2.25. The summed E-state index contributed by atoms with van der Waals surface area (Å²) in [7, 11) is 0. The number of hydrogen-bond acceptors (Lipinski definition) is 4. The van der Waals surface area contributed by atoms with Crippen LogP contribution in [0.25, 0.3) is 16.7 Å². The molecule has 0 bridgehead atoms. The average molecular weight is 308 g/mol. The molecule has 0 atom stereocenters. The molecule has 0 saturated heterocycles. The summed E-state index contributed by atoms with van der Waals surface area (Å²) in [6.07, 6.45) is 1.69. The summed E-state index contributed by atoms with van der Waals surface area (Å²) in [6, 6.07) is 13.0. The first-order valence-electron chi connectivity index (χ1n) is 7.89. The van der Waals surface area contributed by atoms with Gasteiger partial charge in [0, 0.05) is 6.20 Å². The molecule has 5 heteroatoms. The number of benzene rings is 1. The van der Waals surface area contributed by atoms with E-state index in [2.05, 4.69) is 23.7 Å². The van der Waals surface area contributed by atoms with Crippen molar-refractivity contribution in [2.45, 2.75) is 20.4 Å². The molecule has 3 rings (SSSR count). The highest BCUT2D eigenvalue weighted by Gasteiger charge is 2.15. The monoisotopic (exact) mass is 308 g/mol. The Morgan fingerprint density at radius 3 is 2.48 bits per heavy atom. The molecule has 118 valence electrons. The van der Waals surface area contributed by atoms with E-state index in [0.717, 1.165) is 24.4 Å². The van der Waals surface area contributed by atoms with Crippen LogP contribution in [0, 0.1) is 0 Å². The Labute approximate surface area is 135 Å². The highest BCUT2D eigenvalue weighted by atomic mass is 16.1. The van der Waals surface area contributed by atoms with Gasteiger partial charge in [-0.1, -0.05) is 32.0 Å². The van der Waals surface area contributed by atoms with Crippen LogP contribution in [0.4, 0.5) is 0 Å². The standard InChI is InChI=1S/C18H20N4O/c1-3-21(4-2)13-17-20-15-10-6-5-9-14(15)18(23)22(17)16-11-7-8-12-19-16/h5-12H,3-4,13H2,1-2H3. The van der Waals surface area contributed by atoms with E-state index in [-0.39, 0.29) is 5.56 Å². The van der Waals surface area contributed by atoms with Gasteiger partial charge in [-0.15, -0.1) is 0 Å². The van der Waals surface area contributed by atoms with E-state index < -0.39 is 0 Å². The lowest BCUT2D eigenvalue weighted by Gasteiger charge is -2.20. The van der Waals surface area contributed by atoms with Gasteiger partial charge in [0.2, 0.25) is 0 Å². The van der Waals surface area contributed by atoms with E-state index in [0.29, 0.717) is 17.7 Å². The van der Waals surface area contributed by atoms with Crippen LogP contribution in [0.3, 0.4) is 0 Å². The molecule has 0 spiro atoms. The zero-order valence-corrected chi connectivity index (χ0v) is 13.4. The Bertz CT molecular complexity index is 854. The lowest BCUT2D eigenvalue weighted by atomic mass is 10.2. The quantitative estimate of drug-likeness (QED) is 0.727. The van der Waals surface area contributed by atoms with E-state index in [4.69, 9.17) is 4.98 Å². The molecule has 0 N–H and O–H groups in total. The molecule has 1 aromatic carbocycles. The molecular formula is C18H20N4O. The van der Waals surface area contributed by atoms with Crippen LogP contribution in [0.1, 0.15) is 19.7 Å². The van der Waals surface area contributed by atoms with Crippen molar-refractivity contribution < 1.29 is 0 Å². The SMILES string of the molecule is CCN(CC)Cc1nc2ccccc2c(=O)n1-c1ccccn1. The van der Waals surface area contributed by atoms with Gasteiger partial charge in [0.25, 0.3) is 5.56 Å². The van der Waals surface area contributed by atoms with Gasteiger partial charge in [-0.05, 0) is 37.4 Å². The Kier molecular flexibility index (Phi) is 4.48. The van der Waals surface area contributed by atoms with Crippen LogP contribution < -0.4 is 5.56 Å². The molecule has 2 aromatic heterocycles. The normalized spacial score (nSPS) is 11.3. The number of hydrogen-bond donors (Lipinski definition) is 0. The number of para-hydroxylation sites is 1. The second-order valence-corrected chi connectivity index (χ2v) is 5.34. The number of pyridine rings is 1.